The second-order valence-corrected chi connectivity index (χ2v) is 4.94. The molecule has 114 valence electrons. The van der Waals surface area contributed by atoms with Crippen LogP contribution >= 0.6 is 35.6 Å². The molecule has 1 aromatic carbocycles. The van der Waals surface area contributed by atoms with Gasteiger partial charge in [0.25, 0.3) is 0 Å². The molecule has 7 heteroatoms. The monoisotopic (exact) mass is 340 g/mol. The van der Waals surface area contributed by atoms with Crippen molar-refractivity contribution in [2.45, 2.75) is 12.5 Å². The standard InChI is InChI=1S/C13H18Cl2N2O2.ClH/c14-5-7-17(8-6-15)11-3-1-10(2-4-11)9-12(16)13(18)19;/h1-4,12H,5-9,16H2,(H,18,19);1H/t12-;/m1./s1. The minimum absolute atomic E-state index is 0. The molecule has 0 heterocycles. The van der Waals surface area contributed by atoms with E-state index in [0.29, 0.717) is 18.2 Å². The number of carboxylic acid groups (broad SMARTS) is 1. The predicted octanol–water partition coefficient (Wildman–Crippen LogP) is 2.35. The highest BCUT2D eigenvalue weighted by atomic mass is 35.5. The van der Waals surface area contributed by atoms with Crippen molar-refractivity contribution in [3.8, 4) is 0 Å². The minimum Gasteiger partial charge on any atom is -0.480 e. The number of hydrogen-bond donors (Lipinski definition) is 2. The fraction of sp³-hybridized carbons (Fsp3) is 0.462. The number of rotatable bonds is 8. The van der Waals surface area contributed by atoms with Crippen molar-refractivity contribution in [1.29, 1.82) is 0 Å². The molecule has 0 amide bonds. The maximum absolute atomic E-state index is 10.7. The van der Waals surface area contributed by atoms with Gasteiger partial charge < -0.3 is 15.7 Å². The van der Waals surface area contributed by atoms with E-state index < -0.39 is 12.0 Å². The van der Waals surface area contributed by atoms with Crippen LogP contribution in [0.5, 0.6) is 0 Å². The van der Waals surface area contributed by atoms with Gasteiger partial charge in [0.2, 0.25) is 0 Å². The highest BCUT2D eigenvalue weighted by molar-refractivity contribution is 6.18. The Labute approximate surface area is 135 Å². The quantitative estimate of drug-likeness (QED) is 0.712. The first kappa shape index (κ1) is 19.3. The van der Waals surface area contributed by atoms with Gasteiger partial charge in [-0.3, -0.25) is 4.79 Å². The molecule has 20 heavy (non-hydrogen) atoms. The molecule has 4 nitrogen and oxygen atoms in total. The third-order valence-electron chi connectivity index (χ3n) is 2.78. The Balaban J connectivity index is 0.00000361. The summed E-state index contributed by atoms with van der Waals surface area (Å²) in [7, 11) is 0. The highest BCUT2D eigenvalue weighted by Crippen LogP contribution is 2.16. The van der Waals surface area contributed by atoms with E-state index in [4.69, 9.17) is 34.0 Å². The van der Waals surface area contributed by atoms with E-state index in [1.165, 1.54) is 0 Å². The molecule has 0 saturated heterocycles. The van der Waals surface area contributed by atoms with Crippen LogP contribution in [0, 0.1) is 0 Å². The number of aliphatic carboxylic acids is 1. The molecule has 0 bridgehead atoms. The van der Waals surface area contributed by atoms with Crippen molar-refractivity contribution in [2.24, 2.45) is 5.73 Å². The molecule has 0 spiro atoms. The van der Waals surface area contributed by atoms with E-state index in [1.54, 1.807) is 0 Å². The van der Waals surface area contributed by atoms with Gasteiger partial charge in [0.05, 0.1) is 0 Å². The second kappa shape index (κ2) is 10.1. The number of alkyl halides is 2. The lowest BCUT2D eigenvalue weighted by Crippen LogP contribution is -2.32. The first-order valence-electron chi connectivity index (χ1n) is 6.02. The molecule has 0 unspecified atom stereocenters. The van der Waals surface area contributed by atoms with Crippen LogP contribution < -0.4 is 10.6 Å². The van der Waals surface area contributed by atoms with E-state index in [0.717, 1.165) is 24.3 Å². The topological polar surface area (TPSA) is 66.6 Å². The number of carbonyl (C=O) groups is 1. The van der Waals surface area contributed by atoms with Gasteiger partial charge in [-0.15, -0.1) is 35.6 Å². The number of benzene rings is 1. The lowest BCUT2D eigenvalue weighted by Gasteiger charge is -2.23. The first-order chi connectivity index (χ1) is 9.08. The molecular weight excluding hydrogens is 323 g/mol. The lowest BCUT2D eigenvalue weighted by atomic mass is 10.1. The van der Waals surface area contributed by atoms with Crippen LogP contribution in [0.25, 0.3) is 0 Å². The Morgan fingerprint density at radius 2 is 1.70 bits per heavy atom. The number of nitrogens with two attached hydrogens (primary N) is 1. The van der Waals surface area contributed by atoms with Crippen molar-refractivity contribution in [3.05, 3.63) is 29.8 Å². The summed E-state index contributed by atoms with van der Waals surface area (Å²) >= 11 is 11.5. The maximum atomic E-state index is 10.7. The third-order valence-corrected chi connectivity index (χ3v) is 3.12. The molecule has 0 saturated carbocycles. The molecule has 0 fully saturated rings. The maximum Gasteiger partial charge on any atom is 0.320 e. The van der Waals surface area contributed by atoms with E-state index in [-0.39, 0.29) is 12.4 Å². The SMILES string of the molecule is Cl.N[C@H](Cc1ccc(N(CCCl)CCCl)cc1)C(=O)O. The summed E-state index contributed by atoms with van der Waals surface area (Å²) in [4.78, 5) is 12.8. The predicted molar refractivity (Wildman–Crippen MR) is 86.7 cm³/mol. The zero-order valence-electron chi connectivity index (χ0n) is 11.0. The smallest absolute Gasteiger partial charge is 0.320 e. The fourth-order valence-electron chi connectivity index (χ4n) is 1.76. The number of anilines is 1. The van der Waals surface area contributed by atoms with E-state index in [2.05, 4.69) is 4.90 Å². The first-order valence-corrected chi connectivity index (χ1v) is 7.09. The Morgan fingerprint density at radius 3 is 2.10 bits per heavy atom. The summed E-state index contributed by atoms with van der Waals surface area (Å²) in [6.07, 6.45) is 0.320. The molecule has 0 radical (unpaired) electrons. The Bertz CT molecular complexity index is 395. The van der Waals surface area contributed by atoms with Crippen LogP contribution in [0.4, 0.5) is 5.69 Å². The van der Waals surface area contributed by atoms with E-state index >= 15 is 0 Å². The zero-order chi connectivity index (χ0) is 14.3. The molecule has 1 aromatic rings. The number of hydrogen-bond acceptors (Lipinski definition) is 3. The van der Waals surface area contributed by atoms with Gasteiger partial charge in [0.15, 0.2) is 0 Å². The van der Waals surface area contributed by atoms with Gasteiger partial charge in [0, 0.05) is 30.5 Å². The summed E-state index contributed by atoms with van der Waals surface area (Å²) < 4.78 is 0. The van der Waals surface area contributed by atoms with E-state index in [1.807, 2.05) is 24.3 Å². The van der Waals surface area contributed by atoms with Crippen molar-refractivity contribution in [3.63, 3.8) is 0 Å². The average molecular weight is 342 g/mol. The number of carboxylic acids is 1. The van der Waals surface area contributed by atoms with Gasteiger partial charge in [-0.05, 0) is 24.1 Å². The summed E-state index contributed by atoms with van der Waals surface area (Å²) in [5, 5.41) is 8.76. The molecular formula is C13H19Cl3N2O2. The van der Waals surface area contributed by atoms with Gasteiger partial charge >= 0.3 is 5.97 Å². The molecule has 0 aromatic heterocycles. The average Bonchev–Trinajstić information content (AvgIpc) is 2.39. The Morgan fingerprint density at radius 1 is 1.20 bits per heavy atom. The van der Waals surface area contributed by atoms with Crippen molar-refractivity contribution >= 4 is 47.3 Å². The third kappa shape index (κ3) is 6.18. The molecule has 0 aliphatic carbocycles. The van der Waals surface area contributed by atoms with Gasteiger partial charge in [0.1, 0.15) is 6.04 Å². The minimum atomic E-state index is -0.991. The van der Waals surface area contributed by atoms with E-state index in [9.17, 15) is 4.79 Å². The molecule has 1 rings (SSSR count). The van der Waals surface area contributed by atoms with Crippen molar-refractivity contribution in [2.75, 3.05) is 29.7 Å². The van der Waals surface area contributed by atoms with Crippen molar-refractivity contribution in [1.82, 2.24) is 0 Å². The summed E-state index contributed by atoms with van der Waals surface area (Å²) in [5.74, 6) is 0.0698. The van der Waals surface area contributed by atoms with Crippen LogP contribution in [0.1, 0.15) is 5.56 Å². The fourth-order valence-corrected chi connectivity index (χ4v) is 2.17. The Hall–Kier alpha value is -0.680. The van der Waals surface area contributed by atoms with Crippen LogP contribution in [0.15, 0.2) is 24.3 Å². The number of nitrogens with zero attached hydrogens (tertiary/aromatic N) is 1. The molecule has 1 atom stereocenters. The summed E-state index contributed by atoms with van der Waals surface area (Å²) in [6.45, 7) is 1.45. The lowest BCUT2D eigenvalue weighted by molar-refractivity contribution is -0.138. The van der Waals surface area contributed by atoms with Crippen LogP contribution in [0.3, 0.4) is 0 Å². The molecule has 0 aliphatic rings. The summed E-state index contributed by atoms with van der Waals surface area (Å²) in [6, 6.07) is 6.76. The van der Waals surface area contributed by atoms with Crippen molar-refractivity contribution < 1.29 is 9.90 Å². The van der Waals surface area contributed by atoms with Crippen LogP contribution in [-0.2, 0) is 11.2 Å². The summed E-state index contributed by atoms with van der Waals surface area (Å²) in [5.41, 5.74) is 7.42. The Kier molecular flexibility index (Phi) is 9.76. The molecule has 0 aliphatic heterocycles. The van der Waals surface area contributed by atoms with Crippen LogP contribution in [-0.4, -0.2) is 42.0 Å². The van der Waals surface area contributed by atoms with Gasteiger partial charge in [-0.25, -0.2) is 0 Å². The normalized spacial score (nSPS) is 11.6. The van der Waals surface area contributed by atoms with Gasteiger partial charge in [-0.1, -0.05) is 12.1 Å². The zero-order valence-corrected chi connectivity index (χ0v) is 13.3. The number of halogens is 3. The second-order valence-electron chi connectivity index (χ2n) is 4.18. The highest BCUT2D eigenvalue weighted by Gasteiger charge is 2.12. The van der Waals surface area contributed by atoms with Crippen LogP contribution in [0.2, 0.25) is 0 Å². The van der Waals surface area contributed by atoms with Gasteiger partial charge in [-0.2, -0.15) is 0 Å². The molecule has 3 N–H and O–H groups in total. The largest absolute Gasteiger partial charge is 0.480 e.